The molecule has 0 aliphatic rings. The molecular formula is C36H21NOS. The molecule has 2 nitrogen and oxygen atoms in total. The highest BCUT2D eigenvalue weighted by Gasteiger charge is 2.16. The molecule has 3 aromatic heterocycles. The van der Waals surface area contributed by atoms with Gasteiger partial charge in [-0.15, -0.1) is 11.3 Å². The fourth-order valence-corrected chi connectivity index (χ4v) is 7.40. The molecule has 0 bridgehead atoms. The smallest absolute Gasteiger partial charge is 0.136 e. The van der Waals surface area contributed by atoms with Crippen molar-refractivity contribution in [3.8, 4) is 16.8 Å². The van der Waals surface area contributed by atoms with Crippen molar-refractivity contribution in [2.75, 3.05) is 0 Å². The van der Waals surface area contributed by atoms with Gasteiger partial charge in [0.05, 0.1) is 11.0 Å². The molecule has 0 unspecified atom stereocenters. The van der Waals surface area contributed by atoms with Crippen molar-refractivity contribution in [2.24, 2.45) is 0 Å². The first kappa shape index (κ1) is 21.1. The monoisotopic (exact) mass is 515 g/mol. The van der Waals surface area contributed by atoms with Gasteiger partial charge in [-0.1, -0.05) is 72.8 Å². The second-order valence-corrected chi connectivity index (χ2v) is 11.2. The summed E-state index contributed by atoms with van der Waals surface area (Å²) in [4.78, 5) is 0. The molecule has 3 heteroatoms. The van der Waals surface area contributed by atoms with Gasteiger partial charge in [-0.3, -0.25) is 0 Å². The number of hydrogen-bond donors (Lipinski definition) is 0. The molecule has 0 atom stereocenters. The van der Waals surface area contributed by atoms with Crippen molar-refractivity contribution >= 4 is 75.3 Å². The molecule has 0 radical (unpaired) electrons. The predicted molar refractivity (Wildman–Crippen MR) is 166 cm³/mol. The molecule has 0 saturated carbocycles. The van der Waals surface area contributed by atoms with Gasteiger partial charge >= 0.3 is 0 Å². The van der Waals surface area contributed by atoms with Gasteiger partial charge in [0.25, 0.3) is 0 Å². The van der Waals surface area contributed by atoms with E-state index >= 15 is 0 Å². The van der Waals surface area contributed by atoms with Crippen molar-refractivity contribution in [3.05, 3.63) is 127 Å². The summed E-state index contributed by atoms with van der Waals surface area (Å²) in [6, 6.07) is 45.9. The number of aromatic nitrogens is 1. The van der Waals surface area contributed by atoms with Crippen LogP contribution in [0.25, 0.3) is 80.7 Å². The van der Waals surface area contributed by atoms with Crippen molar-refractivity contribution in [1.29, 1.82) is 0 Å². The number of nitrogens with zero attached hydrogens (tertiary/aromatic N) is 1. The van der Waals surface area contributed by atoms with Crippen LogP contribution in [0, 0.1) is 0 Å². The quantitative estimate of drug-likeness (QED) is 0.224. The maximum Gasteiger partial charge on any atom is 0.136 e. The summed E-state index contributed by atoms with van der Waals surface area (Å²) >= 11 is 1.86. The minimum atomic E-state index is 0.927. The Morgan fingerprint density at radius 3 is 2.03 bits per heavy atom. The molecule has 9 aromatic rings. The first-order valence-electron chi connectivity index (χ1n) is 13.2. The van der Waals surface area contributed by atoms with Crippen molar-refractivity contribution in [2.45, 2.75) is 0 Å². The summed E-state index contributed by atoms with van der Waals surface area (Å²) in [7, 11) is 0. The van der Waals surface area contributed by atoms with E-state index < -0.39 is 0 Å². The number of hydrogen-bond acceptors (Lipinski definition) is 2. The summed E-state index contributed by atoms with van der Waals surface area (Å²) in [5.41, 5.74) is 7.91. The molecule has 3 heterocycles. The third kappa shape index (κ3) is 2.96. The molecule has 9 rings (SSSR count). The summed E-state index contributed by atoms with van der Waals surface area (Å²) in [6.45, 7) is 0. The van der Waals surface area contributed by atoms with Gasteiger partial charge in [0.2, 0.25) is 0 Å². The first-order valence-corrected chi connectivity index (χ1v) is 14.0. The Balaban J connectivity index is 1.31. The van der Waals surface area contributed by atoms with Crippen LogP contribution in [0.5, 0.6) is 0 Å². The van der Waals surface area contributed by atoms with E-state index in [1.54, 1.807) is 0 Å². The number of benzene rings is 6. The lowest BCUT2D eigenvalue weighted by molar-refractivity contribution is 0.669. The van der Waals surface area contributed by atoms with E-state index in [4.69, 9.17) is 4.42 Å². The Hall–Kier alpha value is -4.86. The van der Waals surface area contributed by atoms with Gasteiger partial charge in [-0.05, 0) is 65.7 Å². The molecule has 0 spiro atoms. The van der Waals surface area contributed by atoms with Crippen molar-refractivity contribution < 1.29 is 4.42 Å². The molecule has 0 saturated heterocycles. The van der Waals surface area contributed by atoms with E-state index in [-0.39, 0.29) is 0 Å². The predicted octanol–water partition coefficient (Wildman–Crippen LogP) is 10.7. The van der Waals surface area contributed by atoms with Crippen molar-refractivity contribution in [3.63, 3.8) is 0 Å². The highest BCUT2D eigenvalue weighted by Crippen LogP contribution is 2.43. The minimum Gasteiger partial charge on any atom is -0.456 e. The van der Waals surface area contributed by atoms with Crippen LogP contribution < -0.4 is 0 Å². The molecule has 0 fully saturated rings. The Kier molecular flexibility index (Phi) is 4.24. The van der Waals surface area contributed by atoms with Gasteiger partial charge in [0, 0.05) is 47.4 Å². The number of rotatable bonds is 2. The SMILES string of the molecule is c1ccc2c(c1)oc1cc(-c3cccc4sc5ccc(-n6c7ccccc7c7ccccc76)cc5c34)ccc12. The normalized spacial score (nSPS) is 12.1. The maximum absolute atomic E-state index is 6.24. The zero-order valence-corrected chi connectivity index (χ0v) is 21.7. The van der Waals surface area contributed by atoms with Crippen LogP contribution >= 0.6 is 11.3 Å². The zero-order valence-electron chi connectivity index (χ0n) is 20.9. The molecular weight excluding hydrogens is 494 g/mol. The second-order valence-electron chi connectivity index (χ2n) is 10.1. The van der Waals surface area contributed by atoms with Gasteiger partial charge < -0.3 is 8.98 Å². The average molecular weight is 516 g/mol. The lowest BCUT2D eigenvalue weighted by Gasteiger charge is -2.09. The van der Waals surface area contributed by atoms with E-state index in [1.165, 1.54) is 58.8 Å². The van der Waals surface area contributed by atoms with Gasteiger partial charge in [-0.25, -0.2) is 0 Å². The molecule has 6 aromatic carbocycles. The van der Waals surface area contributed by atoms with Crippen LogP contribution in [0.15, 0.2) is 132 Å². The van der Waals surface area contributed by atoms with Gasteiger partial charge in [0.1, 0.15) is 11.2 Å². The maximum atomic E-state index is 6.24. The van der Waals surface area contributed by atoms with Crippen LogP contribution in [-0.4, -0.2) is 4.57 Å². The number of furan rings is 1. The van der Waals surface area contributed by atoms with Crippen LogP contribution in [0.2, 0.25) is 0 Å². The van der Waals surface area contributed by atoms with Crippen LogP contribution in [-0.2, 0) is 0 Å². The van der Waals surface area contributed by atoms with E-state index in [2.05, 4.69) is 120 Å². The highest BCUT2D eigenvalue weighted by molar-refractivity contribution is 7.26. The van der Waals surface area contributed by atoms with Crippen LogP contribution in [0.3, 0.4) is 0 Å². The standard InChI is InChI=1S/C36H21NOS/c1-4-12-30-25(8-1)26-9-2-5-13-31(26)37(30)23-17-19-34-29(21-23)36-24(11-7-15-35(36)39-34)22-16-18-28-27-10-3-6-14-32(27)38-33(28)20-22/h1-21H. The fourth-order valence-electron chi connectivity index (χ4n) is 6.29. The molecule has 0 N–H and O–H groups in total. The first-order chi connectivity index (χ1) is 19.3. The number of fused-ring (bicyclic) bond motifs is 9. The average Bonchev–Trinajstić information content (AvgIpc) is 3.65. The largest absolute Gasteiger partial charge is 0.456 e. The Bertz CT molecular complexity index is 2350. The Morgan fingerprint density at radius 1 is 0.487 bits per heavy atom. The van der Waals surface area contributed by atoms with E-state index in [0.717, 1.165) is 21.9 Å². The van der Waals surface area contributed by atoms with Gasteiger partial charge in [0.15, 0.2) is 0 Å². The summed E-state index contributed by atoms with van der Waals surface area (Å²) < 4.78 is 11.2. The molecule has 182 valence electrons. The highest BCUT2D eigenvalue weighted by atomic mass is 32.1. The van der Waals surface area contributed by atoms with Crippen LogP contribution in [0.4, 0.5) is 0 Å². The molecule has 0 aliphatic carbocycles. The Morgan fingerprint density at radius 2 is 1.21 bits per heavy atom. The topological polar surface area (TPSA) is 18.1 Å². The van der Waals surface area contributed by atoms with E-state index in [0.29, 0.717) is 0 Å². The summed E-state index contributed by atoms with van der Waals surface area (Å²) in [5.74, 6) is 0. The van der Waals surface area contributed by atoms with E-state index in [1.807, 2.05) is 23.5 Å². The third-order valence-electron chi connectivity index (χ3n) is 8.01. The van der Waals surface area contributed by atoms with Crippen LogP contribution in [0.1, 0.15) is 0 Å². The number of thiophene rings is 1. The lowest BCUT2D eigenvalue weighted by atomic mass is 9.98. The molecule has 39 heavy (non-hydrogen) atoms. The van der Waals surface area contributed by atoms with Crippen molar-refractivity contribution in [1.82, 2.24) is 4.57 Å². The second kappa shape index (κ2) is 7.83. The van der Waals surface area contributed by atoms with E-state index in [9.17, 15) is 0 Å². The van der Waals surface area contributed by atoms with Gasteiger partial charge in [-0.2, -0.15) is 0 Å². The molecule has 0 amide bonds. The zero-order chi connectivity index (χ0) is 25.5. The third-order valence-corrected chi connectivity index (χ3v) is 9.14. The fraction of sp³-hybridized carbons (Fsp3) is 0. The summed E-state index contributed by atoms with van der Waals surface area (Å²) in [6.07, 6.45) is 0. The number of para-hydroxylation sites is 3. The molecule has 0 aliphatic heterocycles. The minimum absolute atomic E-state index is 0.927. The summed E-state index contributed by atoms with van der Waals surface area (Å²) in [5, 5.41) is 7.47. The lowest BCUT2D eigenvalue weighted by Crippen LogP contribution is -1.93. The Labute approximate surface area is 227 Å².